The molecule has 2 N–H and O–H groups in total. The first-order valence-corrected chi connectivity index (χ1v) is 7.38. The largest absolute Gasteiger partial charge is 0.485 e. The number of nitrogens with two attached hydrogens (primary N) is 1. The van der Waals surface area contributed by atoms with E-state index >= 15 is 0 Å². The van der Waals surface area contributed by atoms with E-state index in [1.54, 1.807) is 6.07 Å². The zero-order valence-electron chi connectivity index (χ0n) is 10.4. The maximum atomic E-state index is 13.9. The zero-order chi connectivity index (χ0) is 14.3. The quantitative estimate of drug-likeness (QED) is 0.799. The van der Waals surface area contributed by atoms with Crippen LogP contribution in [0.2, 0.25) is 5.02 Å². The van der Waals surface area contributed by atoms with Crippen molar-refractivity contribution in [3.8, 4) is 5.75 Å². The normalized spacial score (nSPS) is 21.2. The van der Waals surface area contributed by atoms with Gasteiger partial charge in [-0.1, -0.05) is 33.6 Å². The molecule has 0 amide bonds. The Kier molecular flexibility index (Phi) is 3.71. The van der Waals surface area contributed by atoms with Crippen molar-refractivity contribution in [1.29, 1.82) is 0 Å². The van der Waals surface area contributed by atoms with E-state index in [0.29, 0.717) is 22.8 Å². The van der Waals surface area contributed by atoms with Crippen molar-refractivity contribution >= 4 is 27.5 Å². The van der Waals surface area contributed by atoms with Gasteiger partial charge in [0.15, 0.2) is 0 Å². The van der Waals surface area contributed by atoms with Gasteiger partial charge in [0.25, 0.3) is 0 Å². The second kappa shape index (κ2) is 5.35. The third kappa shape index (κ3) is 2.55. The van der Waals surface area contributed by atoms with Crippen LogP contribution in [0.25, 0.3) is 0 Å². The number of fused-ring (bicyclic) bond motifs is 1. The van der Waals surface area contributed by atoms with Crippen LogP contribution >= 0.6 is 27.5 Å². The molecule has 1 unspecified atom stereocenters. The minimum Gasteiger partial charge on any atom is -0.485 e. The van der Waals surface area contributed by atoms with Gasteiger partial charge in [0.1, 0.15) is 17.7 Å². The standard InChI is InChI=1S/C15H12BrClFNO/c16-8-1-3-10-13(19)7-15(20-14(10)5-8)11-6-9(17)2-4-12(11)18/h1-6,13,15H,7,19H2/t13-,15?/m0/s1. The van der Waals surface area contributed by atoms with Crippen molar-refractivity contribution in [3.63, 3.8) is 0 Å². The molecule has 5 heteroatoms. The van der Waals surface area contributed by atoms with Crippen molar-refractivity contribution in [3.05, 3.63) is 62.8 Å². The summed E-state index contributed by atoms with van der Waals surface area (Å²) in [5, 5.41) is 0.485. The fourth-order valence-electron chi connectivity index (χ4n) is 2.43. The first-order valence-electron chi connectivity index (χ1n) is 6.21. The van der Waals surface area contributed by atoms with Gasteiger partial charge >= 0.3 is 0 Å². The monoisotopic (exact) mass is 355 g/mol. The first kappa shape index (κ1) is 13.9. The van der Waals surface area contributed by atoms with Gasteiger partial charge < -0.3 is 10.5 Å². The van der Waals surface area contributed by atoms with Gasteiger partial charge in [0, 0.05) is 33.1 Å². The second-order valence-electron chi connectivity index (χ2n) is 4.80. The highest BCUT2D eigenvalue weighted by Gasteiger charge is 2.29. The van der Waals surface area contributed by atoms with Gasteiger partial charge in [-0.3, -0.25) is 0 Å². The van der Waals surface area contributed by atoms with Crippen LogP contribution in [0.5, 0.6) is 5.75 Å². The number of benzene rings is 2. The highest BCUT2D eigenvalue weighted by atomic mass is 79.9. The van der Waals surface area contributed by atoms with Gasteiger partial charge in [-0.2, -0.15) is 0 Å². The summed E-state index contributed by atoms with van der Waals surface area (Å²) in [7, 11) is 0. The Hall–Kier alpha value is -1.10. The van der Waals surface area contributed by atoms with Crippen molar-refractivity contribution in [2.24, 2.45) is 5.73 Å². The Morgan fingerprint density at radius 2 is 2.00 bits per heavy atom. The minimum atomic E-state index is -0.425. The predicted molar refractivity (Wildman–Crippen MR) is 80.5 cm³/mol. The molecule has 2 aromatic rings. The molecule has 2 nitrogen and oxygen atoms in total. The maximum absolute atomic E-state index is 13.9. The molecular weight excluding hydrogens is 345 g/mol. The minimum absolute atomic E-state index is 0.185. The summed E-state index contributed by atoms with van der Waals surface area (Å²) in [6.45, 7) is 0. The SMILES string of the molecule is N[C@H]1CC(c2cc(Cl)ccc2F)Oc2cc(Br)ccc21. The lowest BCUT2D eigenvalue weighted by atomic mass is 9.93. The molecule has 0 spiro atoms. The molecule has 0 aromatic heterocycles. The van der Waals surface area contributed by atoms with E-state index < -0.39 is 6.10 Å². The van der Waals surface area contributed by atoms with E-state index in [4.69, 9.17) is 22.1 Å². The number of halogens is 3. The van der Waals surface area contributed by atoms with Crippen molar-refractivity contribution in [1.82, 2.24) is 0 Å². The average Bonchev–Trinajstić information content (AvgIpc) is 2.41. The molecule has 1 heterocycles. The molecule has 3 rings (SSSR count). The summed E-state index contributed by atoms with van der Waals surface area (Å²) in [6, 6.07) is 9.98. The fraction of sp³-hybridized carbons (Fsp3) is 0.200. The molecule has 0 aliphatic carbocycles. The molecule has 0 radical (unpaired) electrons. The van der Waals surface area contributed by atoms with Crippen molar-refractivity contribution in [2.75, 3.05) is 0 Å². The molecule has 0 bridgehead atoms. The predicted octanol–water partition coefficient (Wildman–Crippen LogP) is 4.77. The number of hydrogen-bond donors (Lipinski definition) is 1. The van der Waals surface area contributed by atoms with Crippen LogP contribution < -0.4 is 10.5 Å². The molecule has 2 aromatic carbocycles. The molecule has 1 aliphatic heterocycles. The highest BCUT2D eigenvalue weighted by molar-refractivity contribution is 9.10. The molecule has 0 fully saturated rings. The van der Waals surface area contributed by atoms with Crippen molar-refractivity contribution in [2.45, 2.75) is 18.6 Å². The number of hydrogen-bond acceptors (Lipinski definition) is 2. The van der Waals surface area contributed by atoms with Crippen LogP contribution in [0.3, 0.4) is 0 Å². The zero-order valence-corrected chi connectivity index (χ0v) is 12.8. The lowest BCUT2D eigenvalue weighted by Gasteiger charge is -2.31. The van der Waals surface area contributed by atoms with Gasteiger partial charge in [-0.05, 0) is 30.3 Å². The Balaban J connectivity index is 2.00. The third-order valence-corrected chi connectivity index (χ3v) is 4.15. The maximum Gasteiger partial charge on any atom is 0.130 e. The topological polar surface area (TPSA) is 35.2 Å². The van der Waals surface area contributed by atoms with E-state index in [1.807, 2.05) is 18.2 Å². The Morgan fingerprint density at radius 1 is 1.20 bits per heavy atom. The average molecular weight is 357 g/mol. The van der Waals surface area contributed by atoms with E-state index in [2.05, 4.69) is 15.9 Å². The summed E-state index contributed by atoms with van der Waals surface area (Å²) in [5.41, 5.74) is 7.54. The van der Waals surface area contributed by atoms with Crippen LogP contribution in [0.1, 0.15) is 29.7 Å². The molecule has 0 saturated heterocycles. The summed E-state index contributed by atoms with van der Waals surface area (Å²) >= 11 is 9.33. The van der Waals surface area contributed by atoms with E-state index in [9.17, 15) is 4.39 Å². The molecule has 1 aliphatic rings. The van der Waals surface area contributed by atoms with Gasteiger partial charge in [-0.25, -0.2) is 4.39 Å². The lowest BCUT2D eigenvalue weighted by Crippen LogP contribution is -2.24. The van der Waals surface area contributed by atoms with Crippen LogP contribution in [-0.2, 0) is 0 Å². The Morgan fingerprint density at radius 3 is 2.80 bits per heavy atom. The summed E-state index contributed by atoms with van der Waals surface area (Å²) in [5.74, 6) is 0.354. The van der Waals surface area contributed by atoms with Gasteiger partial charge in [-0.15, -0.1) is 0 Å². The molecule has 2 atom stereocenters. The van der Waals surface area contributed by atoms with E-state index in [1.165, 1.54) is 12.1 Å². The summed E-state index contributed by atoms with van der Waals surface area (Å²) in [4.78, 5) is 0. The number of rotatable bonds is 1. The van der Waals surface area contributed by atoms with Crippen LogP contribution in [-0.4, -0.2) is 0 Å². The molecule has 20 heavy (non-hydrogen) atoms. The van der Waals surface area contributed by atoms with Crippen LogP contribution in [0.4, 0.5) is 4.39 Å². The van der Waals surface area contributed by atoms with E-state index in [-0.39, 0.29) is 11.9 Å². The van der Waals surface area contributed by atoms with Gasteiger partial charge in [0.2, 0.25) is 0 Å². The Labute approximate surface area is 129 Å². The molecule has 104 valence electrons. The lowest BCUT2D eigenvalue weighted by molar-refractivity contribution is 0.157. The Bertz CT molecular complexity index is 664. The van der Waals surface area contributed by atoms with Crippen molar-refractivity contribution < 1.29 is 9.13 Å². The summed E-state index contributed by atoms with van der Waals surface area (Å²) in [6.07, 6.45) is 0.0943. The second-order valence-corrected chi connectivity index (χ2v) is 6.15. The smallest absolute Gasteiger partial charge is 0.130 e. The van der Waals surface area contributed by atoms with Gasteiger partial charge in [0.05, 0.1) is 0 Å². The highest BCUT2D eigenvalue weighted by Crippen LogP contribution is 2.41. The fourth-order valence-corrected chi connectivity index (χ4v) is 2.95. The first-order chi connectivity index (χ1) is 9.54. The molecular formula is C15H12BrClFNO. The van der Waals surface area contributed by atoms with E-state index in [0.717, 1.165) is 10.0 Å². The number of ether oxygens (including phenoxy) is 1. The van der Waals surface area contributed by atoms with Crippen LogP contribution in [0.15, 0.2) is 40.9 Å². The molecule has 0 saturated carbocycles. The summed E-state index contributed by atoms with van der Waals surface area (Å²) < 4.78 is 20.7. The third-order valence-electron chi connectivity index (χ3n) is 3.42. The van der Waals surface area contributed by atoms with Crippen LogP contribution in [0, 0.1) is 5.82 Å².